The van der Waals surface area contributed by atoms with Crippen LogP contribution in [0.4, 0.5) is 0 Å². The standard InChI is InChI=1S/C16H18BrNO/c1-2-16(7-3-4-8-16)15(19)13-10-18-14-9-11(17)5-6-12(13)14/h5-6,9-10,18H,2-4,7-8H2,1H3. The van der Waals surface area contributed by atoms with Gasteiger partial charge in [-0.05, 0) is 31.4 Å². The van der Waals surface area contributed by atoms with Crippen molar-refractivity contribution < 1.29 is 4.79 Å². The SMILES string of the molecule is CCC1(C(=O)c2c[nH]c3cc(Br)ccc23)CCCC1. The number of ketones is 1. The van der Waals surface area contributed by atoms with Crippen LogP contribution in [-0.4, -0.2) is 10.8 Å². The molecule has 0 aliphatic heterocycles. The first-order chi connectivity index (χ1) is 9.16. The van der Waals surface area contributed by atoms with E-state index < -0.39 is 0 Å². The molecule has 0 radical (unpaired) electrons. The van der Waals surface area contributed by atoms with E-state index in [0.29, 0.717) is 5.78 Å². The summed E-state index contributed by atoms with van der Waals surface area (Å²) in [4.78, 5) is 16.2. The third kappa shape index (κ3) is 2.04. The fraction of sp³-hybridized carbons (Fsp3) is 0.438. The van der Waals surface area contributed by atoms with Crippen LogP contribution >= 0.6 is 15.9 Å². The van der Waals surface area contributed by atoms with Crippen molar-refractivity contribution >= 4 is 32.6 Å². The Hall–Kier alpha value is -1.09. The Morgan fingerprint density at radius 3 is 2.79 bits per heavy atom. The summed E-state index contributed by atoms with van der Waals surface area (Å²) >= 11 is 3.46. The molecule has 2 aromatic rings. The minimum Gasteiger partial charge on any atom is -0.360 e. The molecule has 1 aliphatic rings. The molecule has 0 spiro atoms. The van der Waals surface area contributed by atoms with Crippen LogP contribution in [0.1, 0.15) is 49.4 Å². The summed E-state index contributed by atoms with van der Waals surface area (Å²) in [5.41, 5.74) is 1.79. The summed E-state index contributed by atoms with van der Waals surface area (Å²) in [6.07, 6.45) is 7.31. The molecule has 1 aromatic heterocycles. The van der Waals surface area contributed by atoms with Gasteiger partial charge in [0.2, 0.25) is 0 Å². The van der Waals surface area contributed by atoms with Gasteiger partial charge in [0.25, 0.3) is 0 Å². The number of nitrogens with one attached hydrogen (secondary N) is 1. The molecule has 2 nitrogen and oxygen atoms in total. The maximum atomic E-state index is 12.9. The summed E-state index contributed by atoms with van der Waals surface area (Å²) in [6, 6.07) is 6.06. The molecule has 1 N–H and O–H groups in total. The number of aromatic amines is 1. The van der Waals surface area contributed by atoms with Gasteiger partial charge < -0.3 is 4.98 Å². The van der Waals surface area contributed by atoms with Gasteiger partial charge in [-0.15, -0.1) is 0 Å². The zero-order valence-electron chi connectivity index (χ0n) is 11.1. The molecule has 0 atom stereocenters. The molecule has 1 heterocycles. The van der Waals surface area contributed by atoms with Crippen LogP contribution in [0.3, 0.4) is 0 Å². The van der Waals surface area contributed by atoms with Crippen molar-refractivity contribution in [2.75, 3.05) is 0 Å². The first-order valence-electron chi connectivity index (χ1n) is 6.98. The smallest absolute Gasteiger partial charge is 0.171 e. The van der Waals surface area contributed by atoms with Gasteiger partial charge in [-0.1, -0.05) is 41.8 Å². The number of carbonyl (C=O) groups excluding carboxylic acids is 1. The van der Waals surface area contributed by atoms with Crippen LogP contribution in [-0.2, 0) is 0 Å². The predicted octanol–water partition coefficient (Wildman–Crippen LogP) is 5.08. The normalized spacial score (nSPS) is 18.0. The van der Waals surface area contributed by atoms with Crippen LogP contribution in [0.25, 0.3) is 10.9 Å². The van der Waals surface area contributed by atoms with E-state index in [4.69, 9.17) is 0 Å². The summed E-state index contributed by atoms with van der Waals surface area (Å²) in [6.45, 7) is 2.15. The lowest BCUT2D eigenvalue weighted by Gasteiger charge is -2.25. The first kappa shape index (κ1) is 12.9. The Balaban J connectivity index is 2.06. The van der Waals surface area contributed by atoms with Gasteiger partial charge in [-0.25, -0.2) is 0 Å². The summed E-state index contributed by atoms with van der Waals surface area (Å²) in [5, 5.41) is 1.05. The summed E-state index contributed by atoms with van der Waals surface area (Å²) < 4.78 is 1.03. The molecule has 0 bridgehead atoms. The minimum atomic E-state index is -0.109. The average Bonchev–Trinajstić information content (AvgIpc) is 3.04. The van der Waals surface area contributed by atoms with Gasteiger partial charge in [0, 0.05) is 32.6 Å². The Morgan fingerprint density at radius 2 is 2.11 bits per heavy atom. The number of aromatic nitrogens is 1. The van der Waals surface area contributed by atoms with E-state index in [1.807, 2.05) is 24.4 Å². The van der Waals surface area contributed by atoms with Gasteiger partial charge in [0.15, 0.2) is 5.78 Å². The molecule has 1 aliphatic carbocycles. The largest absolute Gasteiger partial charge is 0.360 e. The molecule has 19 heavy (non-hydrogen) atoms. The number of benzene rings is 1. The van der Waals surface area contributed by atoms with E-state index >= 15 is 0 Å². The van der Waals surface area contributed by atoms with Crippen molar-refractivity contribution in [3.05, 3.63) is 34.4 Å². The number of rotatable bonds is 3. The molecule has 0 amide bonds. The highest BCUT2D eigenvalue weighted by molar-refractivity contribution is 9.10. The molecule has 0 unspecified atom stereocenters. The number of Topliss-reactive ketones (excluding diaryl/α,β-unsaturated/α-hetero) is 1. The topological polar surface area (TPSA) is 32.9 Å². The fourth-order valence-corrected chi connectivity index (χ4v) is 3.73. The van der Waals surface area contributed by atoms with Gasteiger partial charge >= 0.3 is 0 Å². The molecular weight excluding hydrogens is 302 g/mol. The second-order valence-corrected chi connectivity index (χ2v) is 6.48. The maximum absolute atomic E-state index is 12.9. The van der Waals surface area contributed by atoms with E-state index in [-0.39, 0.29) is 5.41 Å². The van der Waals surface area contributed by atoms with Crippen molar-refractivity contribution in [3.63, 3.8) is 0 Å². The van der Waals surface area contributed by atoms with E-state index in [9.17, 15) is 4.79 Å². The molecule has 1 saturated carbocycles. The third-order valence-electron chi connectivity index (χ3n) is 4.61. The Morgan fingerprint density at radius 1 is 1.37 bits per heavy atom. The second-order valence-electron chi connectivity index (χ2n) is 5.56. The number of halogens is 1. The van der Waals surface area contributed by atoms with Crippen molar-refractivity contribution in [1.29, 1.82) is 0 Å². The van der Waals surface area contributed by atoms with Crippen LogP contribution in [0.2, 0.25) is 0 Å². The van der Waals surface area contributed by atoms with E-state index in [0.717, 1.165) is 40.2 Å². The van der Waals surface area contributed by atoms with Gasteiger partial charge in [0.1, 0.15) is 0 Å². The summed E-state index contributed by atoms with van der Waals surface area (Å²) in [5.74, 6) is 0.334. The number of fused-ring (bicyclic) bond motifs is 1. The Kier molecular flexibility index (Phi) is 3.25. The molecule has 100 valence electrons. The van der Waals surface area contributed by atoms with Gasteiger partial charge in [0.05, 0.1) is 0 Å². The number of hydrogen-bond donors (Lipinski definition) is 1. The number of hydrogen-bond acceptors (Lipinski definition) is 1. The molecule has 3 heteroatoms. The van der Waals surface area contributed by atoms with Gasteiger partial charge in [-0.2, -0.15) is 0 Å². The van der Waals surface area contributed by atoms with Crippen LogP contribution < -0.4 is 0 Å². The van der Waals surface area contributed by atoms with Crippen molar-refractivity contribution in [1.82, 2.24) is 4.98 Å². The average molecular weight is 320 g/mol. The quantitative estimate of drug-likeness (QED) is 0.786. The molecule has 1 aromatic carbocycles. The summed E-state index contributed by atoms with van der Waals surface area (Å²) in [7, 11) is 0. The van der Waals surface area contributed by atoms with Crippen LogP contribution in [0.5, 0.6) is 0 Å². The molecular formula is C16H18BrNO. The van der Waals surface area contributed by atoms with Gasteiger partial charge in [-0.3, -0.25) is 4.79 Å². The first-order valence-corrected chi connectivity index (χ1v) is 7.77. The maximum Gasteiger partial charge on any atom is 0.171 e. The van der Waals surface area contributed by atoms with E-state index in [1.165, 1.54) is 12.8 Å². The Bertz CT molecular complexity index is 623. The van der Waals surface area contributed by atoms with E-state index in [1.54, 1.807) is 0 Å². The highest BCUT2D eigenvalue weighted by Crippen LogP contribution is 2.44. The molecule has 3 rings (SSSR count). The monoisotopic (exact) mass is 319 g/mol. The lowest BCUT2D eigenvalue weighted by molar-refractivity contribution is 0.0793. The van der Waals surface area contributed by atoms with Crippen molar-refractivity contribution in [2.24, 2.45) is 5.41 Å². The zero-order valence-corrected chi connectivity index (χ0v) is 12.7. The number of carbonyl (C=O) groups is 1. The lowest BCUT2D eigenvalue weighted by Crippen LogP contribution is -2.27. The molecule has 0 saturated heterocycles. The highest BCUT2D eigenvalue weighted by Gasteiger charge is 2.40. The third-order valence-corrected chi connectivity index (χ3v) is 5.10. The van der Waals surface area contributed by atoms with Crippen LogP contribution in [0.15, 0.2) is 28.9 Å². The second kappa shape index (κ2) is 4.78. The Labute approximate surface area is 121 Å². The van der Waals surface area contributed by atoms with Crippen molar-refractivity contribution in [2.45, 2.75) is 39.0 Å². The molecule has 1 fully saturated rings. The van der Waals surface area contributed by atoms with E-state index in [2.05, 4.69) is 27.8 Å². The van der Waals surface area contributed by atoms with Crippen LogP contribution in [0, 0.1) is 5.41 Å². The fourth-order valence-electron chi connectivity index (χ4n) is 3.36. The predicted molar refractivity (Wildman–Crippen MR) is 81.5 cm³/mol. The number of H-pyrrole nitrogens is 1. The zero-order chi connectivity index (χ0) is 13.5. The highest BCUT2D eigenvalue weighted by atomic mass is 79.9. The minimum absolute atomic E-state index is 0.109. The van der Waals surface area contributed by atoms with Crippen molar-refractivity contribution in [3.8, 4) is 0 Å². The lowest BCUT2D eigenvalue weighted by atomic mass is 9.76.